The zero-order valence-electron chi connectivity index (χ0n) is 25.2. The second kappa shape index (κ2) is 14.5. The van der Waals surface area contributed by atoms with Crippen molar-refractivity contribution in [2.75, 3.05) is 44.4 Å². The van der Waals surface area contributed by atoms with Crippen LogP contribution in [0.3, 0.4) is 0 Å². The van der Waals surface area contributed by atoms with Crippen molar-refractivity contribution in [3.05, 3.63) is 82.0 Å². The fraction of sp³-hybridized carbons (Fsp3) is 0.353. The lowest BCUT2D eigenvalue weighted by atomic mass is 10.1. The van der Waals surface area contributed by atoms with Crippen LogP contribution >= 0.6 is 11.3 Å². The highest BCUT2D eigenvalue weighted by Gasteiger charge is 2.35. The molecule has 10 heteroatoms. The molecule has 44 heavy (non-hydrogen) atoms. The molecule has 2 fully saturated rings. The van der Waals surface area contributed by atoms with Crippen LogP contribution in [0.2, 0.25) is 0 Å². The molecule has 5 rings (SSSR count). The zero-order valence-corrected chi connectivity index (χ0v) is 26.0. The predicted octanol–water partition coefficient (Wildman–Crippen LogP) is 4.58. The molecule has 0 radical (unpaired) electrons. The lowest BCUT2D eigenvalue weighted by molar-refractivity contribution is -0.137. The highest BCUT2D eigenvalue weighted by Crippen LogP contribution is 2.23. The Bertz CT molecular complexity index is 1480. The summed E-state index contributed by atoms with van der Waals surface area (Å²) in [6.07, 6.45) is 7.27. The number of anilines is 2. The Labute approximate surface area is 262 Å². The van der Waals surface area contributed by atoms with E-state index in [1.165, 1.54) is 0 Å². The molecule has 2 N–H and O–H groups in total. The van der Waals surface area contributed by atoms with Crippen molar-refractivity contribution in [3.8, 4) is 0 Å². The van der Waals surface area contributed by atoms with Gasteiger partial charge < -0.3 is 25.3 Å². The van der Waals surface area contributed by atoms with Gasteiger partial charge in [0.15, 0.2) is 0 Å². The minimum absolute atomic E-state index is 0.00596. The summed E-state index contributed by atoms with van der Waals surface area (Å²) in [6.45, 7) is 1.51. The quantitative estimate of drug-likeness (QED) is 0.326. The van der Waals surface area contributed by atoms with Gasteiger partial charge in [0.25, 0.3) is 0 Å². The summed E-state index contributed by atoms with van der Waals surface area (Å²) in [5.41, 5.74) is 3.32. The van der Waals surface area contributed by atoms with Crippen LogP contribution in [-0.2, 0) is 25.6 Å². The van der Waals surface area contributed by atoms with Gasteiger partial charge in [0.2, 0.25) is 23.6 Å². The van der Waals surface area contributed by atoms with Gasteiger partial charge in [0.05, 0.1) is 13.0 Å². The Morgan fingerprint density at radius 1 is 0.773 bits per heavy atom. The molecular weight excluding hydrogens is 574 g/mol. The van der Waals surface area contributed by atoms with E-state index in [0.29, 0.717) is 50.3 Å². The van der Waals surface area contributed by atoms with E-state index in [4.69, 9.17) is 0 Å². The van der Waals surface area contributed by atoms with Crippen molar-refractivity contribution in [1.29, 1.82) is 0 Å². The Morgan fingerprint density at radius 2 is 1.27 bits per heavy atom. The van der Waals surface area contributed by atoms with Crippen molar-refractivity contribution in [2.45, 2.75) is 44.2 Å². The Kier molecular flexibility index (Phi) is 10.2. The topological polar surface area (TPSA) is 102 Å². The van der Waals surface area contributed by atoms with Crippen molar-refractivity contribution in [3.63, 3.8) is 0 Å². The van der Waals surface area contributed by atoms with E-state index in [1.807, 2.05) is 97.2 Å². The third-order valence-electron chi connectivity index (χ3n) is 7.93. The summed E-state index contributed by atoms with van der Waals surface area (Å²) in [6, 6.07) is 18.1. The number of likely N-dealkylation sites (tertiary alicyclic amines) is 2. The number of benzene rings is 2. The molecule has 1 aromatic heterocycles. The van der Waals surface area contributed by atoms with Crippen LogP contribution in [0.15, 0.2) is 66.0 Å². The lowest BCUT2D eigenvalue weighted by Gasteiger charge is -2.25. The van der Waals surface area contributed by atoms with Gasteiger partial charge in [-0.05, 0) is 86.6 Å². The van der Waals surface area contributed by atoms with Gasteiger partial charge in [0.1, 0.15) is 12.1 Å². The first kappa shape index (κ1) is 31.2. The first-order valence-electron chi connectivity index (χ1n) is 15.0. The van der Waals surface area contributed by atoms with Crippen molar-refractivity contribution in [1.82, 2.24) is 14.7 Å². The normalized spacial score (nSPS) is 18.2. The molecule has 2 saturated heterocycles. The maximum absolute atomic E-state index is 13.0. The standard InChI is InChI=1S/C34H39N5O4S/c1-37(2)23-32(41)39-20-4-8-30(39)34(43)36-27-17-13-25(14-18-27)10-9-24-11-15-26(16-12-24)35-33(42)29-7-3-19-38(29)31(40)22-28-6-5-21-44-28/h5-6,9-18,21,29-30H,3-4,7-8,19-20,22-23H2,1-2H3,(H,35,42)(H,36,43)/b10-9+/t29-,30-/m0/s1. The fourth-order valence-corrected chi connectivity index (χ4v) is 6.40. The molecule has 230 valence electrons. The molecule has 2 aliphatic heterocycles. The van der Waals surface area contributed by atoms with Crippen LogP contribution < -0.4 is 10.6 Å². The highest BCUT2D eigenvalue weighted by atomic mass is 32.1. The lowest BCUT2D eigenvalue weighted by Crippen LogP contribution is -2.46. The van der Waals surface area contributed by atoms with Gasteiger partial charge >= 0.3 is 0 Å². The smallest absolute Gasteiger partial charge is 0.247 e. The third kappa shape index (κ3) is 8.00. The van der Waals surface area contributed by atoms with Crippen molar-refractivity contribution < 1.29 is 19.2 Å². The van der Waals surface area contributed by atoms with Crippen molar-refractivity contribution in [2.24, 2.45) is 0 Å². The number of hydrogen-bond acceptors (Lipinski definition) is 6. The summed E-state index contributed by atoms with van der Waals surface area (Å²) >= 11 is 1.55. The molecule has 9 nitrogen and oxygen atoms in total. The number of carbonyl (C=O) groups excluding carboxylic acids is 4. The highest BCUT2D eigenvalue weighted by molar-refractivity contribution is 7.10. The number of nitrogens with one attached hydrogen (secondary N) is 2. The van der Waals surface area contributed by atoms with Gasteiger partial charge in [-0.1, -0.05) is 42.5 Å². The zero-order chi connectivity index (χ0) is 31.1. The van der Waals surface area contributed by atoms with Crippen LogP contribution in [0.5, 0.6) is 0 Å². The van der Waals surface area contributed by atoms with Gasteiger partial charge in [-0.2, -0.15) is 0 Å². The molecule has 0 aliphatic carbocycles. The molecule has 0 saturated carbocycles. The summed E-state index contributed by atoms with van der Waals surface area (Å²) < 4.78 is 0. The molecule has 2 aromatic carbocycles. The van der Waals surface area contributed by atoms with Crippen LogP contribution in [0.1, 0.15) is 41.7 Å². The molecule has 0 spiro atoms. The number of nitrogens with zero attached hydrogens (tertiary/aromatic N) is 3. The summed E-state index contributed by atoms with van der Waals surface area (Å²) in [5, 5.41) is 7.89. The van der Waals surface area contributed by atoms with Gasteiger partial charge in [-0.15, -0.1) is 11.3 Å². The largest absolute Gasteiger partial charge is 0.330 e. The molecule has 3 aromatic rings. The number of likely N-dealkylation sites (N-methyl/N-ethyl adjacent to an activating group) is 1. The number of rotatable bonds is 10. The van der Waals surface area contributed by atoms with Crippen LogP contribution in [-0.4, -0.2) is 84.1 Å². The minimum atomic E-state index is -0.447. The molecule has 2 aliphatic rings. The average Bonchev–Trinajstić information content (AvgIpc) is 3.79. The van der Waals surface area contributed by atoms with E-state index in [2.05, 4.69) is 10.6 Å². The summed E-state index contributed by atoms with van der Waals surface area (Å²) in [7, 11) is 3.69. The second-order valence-corrected chi connectivity index (χ2v) is 12.6. The maximum atomic E-state index is 13.0. The SMILES string of the molecule is CN(C)CC(=O)N1CCC[C@H]1C(=O)Nc1ccc(/C=C/c2ccc(NC(=O)[C@@H]3CCCN3C(=O)Cc3cccs3)cc2)cc1. The number of carbonyl (C=O) groups is 4. The van der Waals surface area contributed by atoms with Gasteiger partial charge in [-0.3, -0.25) is 19.2 Å². The number of thiophene rings is 1. The Hall–Kier alpha value is -4.28. The molecule has 0 bridgehead atoms. The fourth-order valence-electron chi connectivity index (χ4n) is 5.70. The summed E-state index contributed by atoms with van der Waals surface area (Å²) in [5.74, 6) is -0.344. The van der Waals surface area contributed by atoms with E-state index >= 15 is 0 Å². The van der Waals surface area contributed by atoms with E-state index in [0.717, 1.165) is 28.8 Å². The predicted molar refractivity (Wildman–Crippen MR) is 175 cm³/mol. The van der Waals surface area contributed by atoms with Crippen molar-refractivity contribution >= 4 is 58.5 Å². The second-order valence-electron chi connectivity index (χ2n) is 11.5. The van der Waals surface area contributed by atoms with E-state index < -0.39 is 12.1 Å². The average molecular weight is 614 g/mol. The van der Waals surface area contributed by atoms with Crippen LogP contribution in [0.25, 0.3) is 12.2 Å². The molecule has 3 heterocycles. The number of hydrogen-bond donors (Lipinski definition) is 2. The minimum Gasteiger partial charge on any atom is -0.330 e. The van der Waals surface area contributed by atoms with E-state index in [-0.39, 0.29) is 23.6 Å². The monoisotopic (exact) mass is 613 g/mol. The Balaban J connectivity index is 1.11. The molecule has 2 atom stereocenters. The van der Waals surface area contributed by atoms with E-state index in [1.54, 1.807) is 21.1 Å². The maximum Gasteiger partial charge on any atom is 0.247 e. The third-order valence-corrected chi connectivity index (χ3v) is 8.81. The molecule has 0 unspecified atom stereocenters. The van der Waals surface area contributed by atoms with Crippen LogP contribution in [0.4, 0.5) is 11.4 Å². The molecular formula is C34H39N5O4S. The Morgan fingerprint density at radius 3 is 1.73 bits per heavy atom. The molecule has 4 amide bonds. The van der Waals surface area contributed by atoms with Gasteiger partial charge in [0, 0.05) is 29.3 Å². The number of amides is 4. The first-order valence-corrected chi connectivity index (χ1v) is 15.9. The van der Waals surface area contributed by atoms with Gasteiger partial charge in [-0.25, -0.2) is 0 Å². The van der Waals surface area contributed by atoms with Crippen LogP contribution in [0, 0.1) is 0 Å². The summed E-state index contributed by atoms with van der Waals surface area (Å²) in [4.78, 5) is 57.5. The van der Waals surface area contributed by atoms with E-state index in [9.17, 15) is 19.2 Å². The first-order chi connectivity index (χ1) is 21.3.